The van der Waals surface area contributed by atoms with Crippen LogP contribution in [0.4, 0.5) is 0 Å². The van der Waals surface area contributed by atoms with Gasteiger partial charge in [0.2, 0.25) is 5.91 Å². The summed E-state index contributed by atoms with van der Waals surface area (Å²) in [5, 5.41) is 0.544. The van der Waals surface area contributed by atoms with Crippen LogP contribution < -0.4 is 9.57 Å². The van der Waals surface area contributed by atoms with Crippen LogP contribution in [-0.4, -0.2) is 32.4 Å². The number of fused-ring (bicyclic) bond motifs is 1. The Labute approximate surface area is 138 Å². The Hall–Kier alpha value is -2.71. The Balaban J connectivity index is 1.89. The number of rotatable bonds is 4. The lowest BCUT2D eigenvalue weighted by Crippen LogP contribution is -2.52. The summed E-state index contributed by atoms with van der Waals surface area (Å²) < 4.78 is 29.8. The molecule has 24 heavy (non-hydrogen) atoms. The summed E-state index contributed by atoms with van der Waals surface area (Å²) in [6, 6.07) is 12.2. The monoisotopic (exact) mass is 346 g/mol. The van der Waals surface area contributed by atoms with Crippen molar-refractivity contribution < 1.29 is 22.7 Å². The number of carbonyl (C=O) groups excluding carboxylic acids is 2. The minimum atomic E-state index is -4.07. The lowest BCUT2D eigenvalue weighted by molar-refractivity contribution is -0.129. The van der Waals surface area contributed by atoms with Crippen molar-refractivity contribution in [3.05, 3.63) is 59.7 Å². The van der Waals surface area contributed by atoms with Crippen molar-refractivity contribution in [3.8, 4) is 5.75 Å². The Morgan fingerprint density at radius 3 is 2.38 bits per heavy atom. The van der Waals surface area contributed by atoms with E-state index in [1.54, 1.807) is 24.3 Å². The third-order valence-corrected chi connectivity index (χ3v) is 4.94. The number of sulfonamides is 1. The number of hydrogen-bond donors (Lipinski definition) is 1. The van der Waals surface area contributed by atoms with E-state index in [0.29, 0.717) is 21.9 Å². The number of imide groups is 1. The van der Waals surface area contributed by atoms with Gasteiger partial charge in [0.15, 0.2) is 0 Å². The van der Waals surface area contributed by atoms with E-state index in [0.717, 1.165) is 0 Å². The van der Waals surface area contributed by atoms with E-state index in [1.807, 2.05) is 0 Å². The number of carbonyl (C=O) groups is 2. The molecule has 0 spiro atoms. The molecule has 0 saturated heterocycles. The van der Waals surface area contributed by atoms with Crippen LogP contribution in [0.3, 0.4) is 0 Å². The molecule has 0 atom stereocenters. The SMILES string of the molecule is COc1ccc(S(=O)(=O)NN2C(=O)Cc3ccccc3C2=O)cc1. The first-order valence-corrected chi connectivity index (χ1v) is 8.52. The smallest absolute Gasteiger partial charge is 0.276 e. The van der Waals surface area contributed by atoms with Crippen LogP contribution in [-0.2, 0) is 21.2 Å². The highest BCUT2D eigenvalue weighted by atomic mass is 32.2. The molecule has 0 fully saturated rings. The van der Waals surface area contributed by atoms with Crippen LogP contribution in [0.25, 0.3) is 0 Å². The average molecular weight is 346 g/mol. The van der Waals surface area contributed by atoms with Gasteiger partial charge in [-0.3, -0.25) is 9.59 Å². The van der Waals surface area contributed by atoms with Crippen LogP contribution in [0.2, 0.25) is 0 Å². The topological polar surface area (TPSA) is 92.8 Å². The molecule has 1 aliphatic rings. The maximum absolute atomic E-state index is 12.4. The number of nitrogens with one attached hydrogen (secondary N) is 1. The van der Waals surface area contributed by atoms with Gasteiger partial charge in [0, 0.05) is 5.56 Å². The van der Waals surface area contributed by atoms with Crippen molar-refractivity contribution in [1.82, 2.24) is 9.84 Å². The Kier molecular flexibility index (Phi) is 4.08. The summed E-state index contributed by atoms with van der Waals surface area (Å²) in [7, 11) is -2.61. The zero-order valence-electron chi connectivity index (χ0n) is 12.7. The second kappa shape index (κ2) is 6.06. The van der Waals surface area contributed by atoms with Gasteiger partial charge in [-0.25, -0.2) is 8.42 Å². The van der Waals surface area contributed by atoms with Gasteiger partial charge in [0.1, 0.15) is 5.75 Å². The predicted molar refractivity (Wildman–Crippen MR) is 84.6 cm³/mol. The standard InChI is InChI=1S/C16H14N2O5S/c1-23-12-6-8-13(9-7-12)24(21,22)17-18-15(19)10-11-4-2-3-5-14(11)16(18)20/h2-9,17H,10H2,1H3. The van der Waals surface area contributed by atoms with E-state index >= 15 is 0 Å². The number of amides is 2. The first-order chi connectivity index (χ1) is 11.4. The normalized spacial score (nSPS) is 14.5. The maximum Gasteiger partial charge on any atom is 0.276 e. The summed E-state index contributed by atoms with van der Waals surface area (Å²) >= 11 is 0. The van der Waals surface area contributed by atoms with Gasteiger partial charge in [0.25, 0.3) is 15.9 Å². The third kappa shape index (κ3) is 2.89. The molecule has 0 aromatic heterocycles. The largest absolute Gasteiger partial charge is 0.497 e. The van der Waals surface area contributed by atoms with Crippen LogP contribution in [0, 0.1) is 0 Å². The zero-order chi connectivity index (χ0) is 17.3. The van der Waals surface area contributed by atoms with Crippen LogP contribution in [0.15, 0.2) is 53.4 Å². The van der Waals surface area contributed by atoms with Crippen molar-refractivity contribution in [3.63, 3.8) is 0 Å². The first kappa shape index (κ1) is 16.2. The molecular formula is C16H14N2O5S. The molecule has 1 aliphatic heterocycles. The van der Waals surface area contributed by atoms with Gasteiger partial charge >= 0.3 is 0 Å². The van der Waals surface area contributed by atoms with Crippen LogP contribution in [0.1, 0.15) is 15.9 Å². The maximum atomic E-state index is 12.4. The number of methoxy groups -OCH3 is 1. The number of hydrazine groups is 1. The molecule has 8 heteroatoms. The van der Waals surface area contributed by atoms with Crippen molar-refractivity contribution in [2.75, 3.05) is 7.11 Å². The van der Waals surface area contributed by atoms with E-state index in [2.05, 4.69) is 4.83 Å². The van der Waals surface area contributed by atoms with Crippen molar-refractivity contribution in [2.45, 2.75) is 11.3 Å². The summed E-state index contributed by atoms with van der Waals surface area (Å²) in [5.74, 6) is -0.831. The summed E-state index contributed by atoms with van der Waals surface area (Å²) in [6.07, 6.45) is -0.0486. The Bertz CT molecular complexity index is 906. The number of hydrogen-bond acceptors (Lipinski definition) is 5. The van der Waals surface area contributed by atoms with Gasteiger partial charge in [-0.1, -0.05) is 18.2 Å². The molecule has 0 radical (unpaired) electrons. The molecule has 0 saturated carbocycles. The molecule has 3 rings (SSSR count). The predicted octanol–water partition coefficient (Wildman–Crippen LogP) is 1.11. The highest BCUT2D eigenvalue weighted by molar-refractivity contribution is 7.89. The van der Waals surface area contributed by atoms with Gasteiger partial charge in [-0.2, -0.15) is 5.01 Å². The van der Waals surface area contributed by atoms with Crippen LogP contribution in [0.5, 0.6) is 5.75 Å². The van der Waals surface area contributed by atoms with Gasteiger partial charge in [-0.05, 0) is 35.9 Å². The molecule has 7 nitrogen and oxygen atoms in total. The molecule has 2 aromatic rings. The highest BCUT2D eigenvalue weighted by Gasteiger charge is 2.34. The molecule has 0 unspecified atom stereocenters. The molecule has 1 heterocycles. The van der Waals surface area contributed by atoms with Crippen molar-refractivity contribution >= 4 is 21.8 Å². The number of nitrogens with zero attached hydrogens (tertiary/aromatic N) is 1. The lowest BCUT2D eigenvalue weighted by atomic mass is 10.00. The van der Waals surface area contributed by atoms with E-state index < -0.39 is 21.8 Å². The third-order valence-electron chi connectivity index (χ3n) is 3.62. The molecule has 124 valence electrons. The molecule has 1 N–H and O–H groups in total. The molecule has 2 amide bonds. The highest BCUT2D eigenvalue weighted by Crippen LogP contribution is 2.20. The first-order valence-electron chi connectivity index (χ1n) is 7.04. The molecule has 0 aliphatic carbocycles. The van der Waals surface area contributed by atoms with Crippen molar-refractivity contribution in [2.24, 2.45) is 0 Å². The van der Waals surface area contributed by atoms with Gasteiger partial charge in [-0.15, -0.1) is 4.83 Å². The van der Waals surface area contributed by atoms with Gasteiger partial charge in [0.05, 0.1) is 18.4 Å². The molecular weight excluding hydrogens is 332 g/mol. The fraction of sp³-hybridized carbons (Fsp3) is 0.125. The number of benzene rings is 2. The fourth-order valence-corrected chi connectivity index (χ4v) is 3.40. The average Bonchev–Trinajstić information content (AvgIpc) is 2.59. The zero-order valence-corrected chi connectivity index (χ0v) is 13.5. The van der Waals surface area contributed by atoms with E-state index in [9.17, 15) is 18.0 Å². The number of ether oxygens (including phenoxy) is 1. The minimum absolute atomic E-state index is 0.0486. The second-order valence-electron chi connectivity index (χ2n) is 5.14. The molecule has 0 bridgehead atoms. The summed E-state index contributed by atoms with van der Waals surface area (Å²) in [4.78, 5) is 26.5. The fourth-order valence-electron chi connectivity index (χ4n) is 2.38. The lowest BCUT2D eigenvalue weighted by Gasteiger charge is -2.26. The van der Waals surface area contributed by atoms with E-state index in [-0.39, 0.29) is 11.3 Å². The minimum Gasteiger partial charge on any atom is -0.497 e. The van der Waals surface area contributed by atoms with Crippen LogP contribution >= 0.6 is 0 Å². The Morgan fingerprint density at radius 2 is 1.71 bits per heavy atom. The van der Waals surface area contributed by atoms with Crippen molar-refractivity contribution in [1.29, 1.82) is 0 Å². The Morgan fingerprint density at radius 1 is 1.04 bits per heavy atom. The van der Waals surface area contributed by atoms with Gasteiger partial charge < -0.3 is 4.74 Å². The quantitative estimate of drug-likeness (QED) is 0.837. The van der Waals surface area contributed by atoms with E-state index in [1.165, 1.54) is 31.4 Å². The second-order valence-corrected chi connectivity index (χ2v) is 6.80. The summed E-state index contributed by atoms with van der Waals surface area (Å²) in [5.41, 5.74) is 0.877. The van der Waals surface area contributed by atoms with E-state index in [4.69, 9.17) is 4.74 Å². The molecule has 2 aromatic carbocycles. The summed E-state index contributed by atoms with van der Waals surface area (Å²) in [6.45, 7) is 0.